The van der Waals surface area contributed by atoms with Gasteiger partial charge < -0.3 is 32.3 Å². The number of aliphatic carboxylic acids is 1. The Kier molecular flexibility index (Phi) is 11.0. The van der Waals surface area contributed by atoms with Gasteiger partial charge in [0.1, 0.15) is 12.1 Å². The summed E-state index contributed by atoms with van der Waals surface area (Å²) >= 11 is 0. The van der Waals surface area contributed by atoms with E-state index in [2.05, 4.69) is 10.6 Å². The molecule has 0 aromatic heterocycles. The lowest BCUT2D eigenvalue weighted by Gasteiger charge is -2.25. The van der Waals surface area contributed by atoms with E-state index in [0.29, 0.717) is 19.4 Å². The first kappa shape index (κ1) is 23.3. The number of rotatable bonds is 12. The molecule has 0 aliphatic heterocycles. The van der Waals surface area contributed by atoms with E-state index in [9.17, 15) is 24.6 Å². The van der Waals surface area contributed by atoms with Gasteiger partial charge in [-0.15, -0.1) is 0 Å². The Labute approximate surface area is 148 Å². The Balaban J connectivity index is 4.83. The monoisotopic (exact) mass is 360 g/mol. The van der Waals surface area contributed by atoms with Crippen LogP contribution in [0.1, 0.15) is 46.5 Å². The summed E-state index contributed by atoms with van der Waals surface area (Å²) in [6.07, 6.45) is 0.847. The highest BCUT2D eigenvalue weighted by Crippen LogP contribution is 2.06. The highest BCUT2D eigenvalue weighted by atomic mass is 16.4. The van der Waals surface area contributed by atoms with Crippen LogP contribution in [0, 0.1) is 5.92 Å². The number of hydrogen-bond donors (Lipinski definition) is 6. The molecule has 4 atom stereocenters. The molecule has 2 amide bonds. The van der Waals surface area contributed by atoms with Crippen molar-refractivity contribution in [1.82, 2.24) is 10.6 Å². The van der Waals surface area contributed by atoms with Gasteiger partial charge in [-0.3, -0.25) is 9.59 Å². The molecule has 0 aliphatic rings. The second kappa shape index (κ2) is 11.8. The summed E-state index contributed by atoms with van der Waals surface area (Å²) < 4.78 is 0. The van der Waals surface area contributed by atoms with Gasteiger partial charge in [0.15, 0.2) is 0 Å². The molecule has 0 saturated heterocycles. The maximum absolute atomic E-state index is 12.3. The number of carbonyl (C=O) groups excluding carboxylic acids is 2. The zero-order valence-electron chi connectivity index (χ0n) is 15.2. The molecule has 9 nitrogen and oxygen atoms in total. The van der Waals surface area contributed by atoms with Gasteiger partial charge in [-0.05, 0) is 38.6 Å². The summed E-state index contributed by atoms with van der Waals surface area (Å²) in [5.41, 5.74) is 11.1. The van der Waals surface area contributed by atoms with E-state index in [4.69, 9.17) is 11.5 Å². The Bertz CT molecular complexity index is 442. The van der Waals surface area contributed by atoms with Crippen molar-refractivity contribution in [3.8, 4) is 0 Å². The molecule has 0 aromatic carbocycles. The van der Waals surface area contributed by atoms with Crippen molar-refractivity contribution in [2.45, 2.75) is 70.7 Å². The number of carboxylic acid groups (broad SMARTS) is 1. The lowest BCUT2D eigenvalue weighted by atomic mass is 10.0. The van der Waals surface area contributed by atoms with Gasteiger partial charge >= 0.3 is 5.97 Å². The standard InChI is InChI=1S/C16H32N4O5/c1-9(2)8-12(16(24)25)19-15(23)13(10(3)21)20-14(22)11(18)6-4-5-7-17/h9-13,21H,4-8,17-18H2,1-3H3,(H,19,23)(H,20,22)(H,24,25)/t10-,11+,12+,13+/m1/s1. The SMILES string of the molecule is CC(C)C[C@H](NC(=O)[C@@H](NC(=O)[C@@H](N)CCCCN)[C@@H](C)O)C(=O)O. The predicted octanol–water partition coefficient (Wildman–Crippen LogP) is -1.08. The average molecular weight is 360 g/mol. The number of aliphatic hydroxyl groups excluding tert-OH is 1. The molecule has 0 saturated carbocycles. The van der Waals surface area contributed by atoms with Crippen LogP contribution in [0.25, 0.3) is 0 Å². The van der Waals surface area contributed by atoms with E-state index in [1.165, 1.54) is 6.92 Å². The summed E-state index contributed by atoms with van der Waals surface area (Å²) in [7, 11) is 0. The van der Waals surface area contributed by atoms with Gasteiger partial charge in [-0.25, -0.2) is 4.79 Å². The third kappa shape index (κ3) is 9.37. The highest BCUT2D eigenvalue weighted by Gasteiger charge is 2.31. The van der Waals surface area contributed by atoms with E-state index in [1.807, 2.05) is 13.8 Å². The lowest BCUT2D eigenvalue weighted by Crippen LogP contribution is -2.58. The first-order chi connectivity index (χ1) is 11.6. The Morgan fingerprint density at radius 2 is 1.64 bits per heavy atom. The Hall–Kier alpha value is -1.71. The molecule has 0 fully saturated rings. The third-order valence-corrected chi connectivity index (χ3v) is 3.69. The van der Waals surface area contributed by atoms with Gasteiger partial charge in [0.05, 0.1) is 12.1 Å². The van der Waals surface area contributed by atoms with Crippen molar-refractivity contribution >= 4 is 17.8 Å². The van der Waals surface area contributed by atoms with Crippen LogP contribution in [0.4, 0.5) is 0 Å². The summed E-state index contributed by atoms with van der Waals surface area (Å²) in [6.45, 7) is 5.49. The lowest BCUT2D eigenvalue weighted by molar-refractivity contribution is -0.143. The Morgan fingerprint density at radius 3 is 2.08 bits per heavy atom. The quantitative estimate of drug-likeness (QED) is 0.241. The molecule has 9 heteroatoms. The normalized spacial score (nSPS) is 16.0. The number of nitrogens with one attached hydrogen (secondary N) is 2. The zero-order chi connectivity index (χ0) is 19.6. The molecule has 0 aliphatic carbocycles. The van der Waals surface area contributed by atoms with Crippen molar-refractivity contribution in [3.63, 3.8) is 0 Å². The van der Waals surface area contributed by atoms with Gasteiger partial charge in [0, 0.05) is 0 Å². The second-order valence-corrected chi connectivity index (χ2v) is 6.65. The van der Waals surface area contributed by atoms with E-state index in [0.717, 1.165) is 6.42 Å². The third-order valence-electron chi connectivity index (χ3n) is 3.69. The summed E-state index contributed by atoms with van der Waals surface area (Å²) in [5.74, 6) is -2.45. The number of amides is 2. The molecule has 146 valence electrons. The zero-order valence-corrected chi connectivity index (χ0v) is 15.2. The molecule has 0 unspecified atom stereocenters. The fourth-order valence-corrected chi connectivity index (χ4v) is 2.26. The molecule has 8 N–H and O–H groups in total. The molecule has 25 heavy (non-hydrogen) atoms. The number of carboxylic acids is 1. The van der Waals surface area contributed by atoms with Gasteiger partial charge in [-0.1, -0.05) is 20.3 Å². The van der Waals surface area contributed by atoms with Crippen molar-refractivity contribution in [2.24, 2.45) is 17.4 Å². The summed E-state index contributed by atoms with van der Waals surface area (Å²) in [5, 5.41) is 23.7. The van der Waals surface area contributed by atoms with E-state index in [1.54, 1.807) is 0 Å². The molecule has 0 aromatic rings. The molecule has 0 spiro atoms. The first-order valence-corrected chi connectivity index (χ1v) is 8.57. The maximum atomic E-state index is 12.3. The summed E-state index contributed by atoms with van der Waals surface area (Å²) in [4.78, 5) is 35.6. The Morgan fingerprint density at radius 1 is 1.04 bits per heavy atom. The van der Waals surface area contributed by atoms with Crippen molar-refractivity contribution < 1.29 is 24.6 Å². The fraction of sp³-hybridized carbons (Fsp3) is 0.812. The average Bonchev–Trinajstić information content (AvgIpc) is 2.50. The minimum absolute atomic E-state index is 0.0527. The van der Waals surface area contributed by atoms with Crippen LogP contribution >= 0.6 is 0 Å². The number of aliphatic hydroxyl groups is 1. The highest BCUT2D eigenvalue weighted by molar-refractivity contribution is 5.92. The molecule has 0 heterocycles. The molecule has 0 bridgehead atoms. The van der Waals surface area contributed by atoms with Crippen LogP contribution in [0.15, 0.2) is 0 Å². The molecular weight excluding hydrogens is 328 g/mol. The molecule has 0 radical (unpaired) electrons. The van der Waals surface area contributed by atoms with E-state index in [-0.39, 0.29) is 12.3 Å². The van der Waals surface area contributed by atoms with Crippen LogP contribution in [0.2, 0.25) is 0 Å². The van der Waals surface area contributed by atoms with Gasteiger partial charge in [-0.2, -0.15) is 0 Å². The summed E-state index contributed by atoms with van der Waals surface area (Å²) in [6, 6.07) is -3.20. The number of unbranched alkanes of at least 4 members (excludes halogenated alkanes) is 1. The largest absolute Gasteiger partial charge is 0.480 e. The van der Waals surface area contributed by atoms with Crippen molar-refractivity contribution in [2.75, 3.05) is 6.54 Å². The molecule has 0 rings (SSSR count). The van der Waals surface area contributed by atoms with Crippen LogP contribution in [0.5, 0.6) is 0 Å². The van der Waals surface area contributed by atoms with Crippen LogP contribution in [-0.4, -0.2) is 58.8 Å². The minimum Gasteiger partial charge on any atom is -0.480 e. The molecular formula is C16H32N4O5. The van der Waals surface area contributed by atoms with E-state index < -0.39 is 42.0 Å². The van der Waals surface area contributed by atoms with Crippen LogP contribution in [0.3, 0.4) is 0 Å². The predicted molar refractivity (Wildman–Crippen MR) is 93.5 cm³/mol. The maximum Gasteiger partial charge on any atom is 0.326 e. The van der Waals surface area contributed by atoms with Gasteiger partial charge in [0.2, 0.25) is 11.8 Å². The van der Waals surface area contributed by atoms with Crippen molar-refractivity contribution in [3.05, 3.63) is 0 Å². The number of hydrogen-bond acceptors (Lipinski definition) is 6. The van der Waals surface area contributed by atoms with Crippen LogP contribution in [-0.2, 0) is 14.4 Å². The van der Waals surface area contributed by atoms with Gasteiger partial charge in [0.25, 0.3) is 0 Å². The number of nitrogens with two attached hydrogens (primary N) is 2. The second-order valence-electron chi connectivity index (χ2n) is 6.65. The van der Waals surface area contributed by atoms with Crippen LogP contribution < -0.4 is 22.1 Å². The van der Waals surface area contributed by atoms with E-state index >= 15 is 0 Å². The van der Waals surface area contributed by atoms with Crippen molar-refractivity contribution in [1.29, 1.82) is 0 Å². The minimum atomic E-state index is -1.28. The smallest absolute Gasteiger partial charge is 0.326 e. The topological polar surface area (TPSA) is 168 Å². The first-order valence-electron chi connectivity index (χ1n) is 8.57. The fourth-order valence-electron chi connectivity index (χ4n) is 2.26. The number of carbonyl (C=O) groups is 3.